The first-order valence-corrected chi connectivity index (χ1v) is 9.89. The maximum Gasteiger partial charge on any atom is 0.349 e. The maximum atomic E-state index is 12.8. The minimum Gasteiger partial charge on any atom is -0.493 e. The van der Waals surface area contributed by atoms with Gasteiger partial charge in [0.15, 0.2) is 11.3 Å². The second-order valence-corrected chi connectivity index (χ2v) is 7.28. The number of methoxy groups -OCH3 is 1. The average molecular weight is 406 g/mol. The zero-order valence-corrected chi connectivity index (χ0v) is 16.6. The first kappa shape index (κ1) is 19.7. The summed E-state index contributed by atoms with van der Waals surface area (Å²) in [4.78, 5) is 37.9. The van der Waals surface area contributed by atoms with Crippen molar-refractivity contribution in [1.29, 1.82) is 0 Å². The second kappa shape index (κ2) is 8.41. The van der Waals surface area contributed by atoms with Gasteiger partial charge in [0.25, 0.3) is 11.8 Å². The third kappa shape index (κ3) is 3.91. The van der Waals surface area contributed by atoms with Crippen molar-refractivity contribution >= 4 is 28.5 Å². The molecule has 2 amide bonds. The van der Waals surface area contributed by atoms with Crippen LogP contribution in [0.25, 0.3) is 11.0 Å². The number of nitrogens with one attached hydrogen (secondary N) is 2. The molecule has 1 aromatic heterocycles. The molecule has 0 bridgehead atoms. The molecule has 1 aliphatic carbocycles. The van der Waals surface area contributed by atoms with Crippen molar-refractivity contribution in [3.63, 3.8) is 0 Å². The predicted molar refractivity (Wildman–Crippen MR) is 113 cm³/mol. The number of hydrogen-bond donors (Lipinski definition) is 2. The van der Waals surface area contributed by atoms with E-state index in [1.165, 1.54) is 13.2 Å². The summed E-state index contributed by atoms with van der Waals surface area (Å²) in [6.07, 6.45) is 4.13. The Hall–Kier alpha value is -3.61. The standard InChI is InChI=1S/C23H22N2O5/c1-29-19-12-6-7-14-13-17(23(28)30-20(14)19)22(27)25-18-11-5-4-10-16(18)21(26)24-15-8-2-3-9-15/h4-7,10-13,15H,2-3,8-9H2,1H3,(H,24,26)(H,25,27). The molecule has 1 fully saturated rings. The van der Waals surface area contributed by atoms with Crippen LogP contribution < -0.4 is 21.0 Å². The molecule has 1 saturated carbocycles. The average Bonchev–Trinajstić information content (AvgIpc) is 3.26. The Morgan fingerprint density at radius 3 is 2.53 bits per heavy atom. The van der Waals surface area contributed by atoms with Gasteiger partial charge in [-0.05, 0) is 37.1 Å². The van der Waals surface area contributed by atoms with Gasteiger partial charge in [-0.2, -0.15) is 0 Å². The van der Waals surface area contributed by atoms with Crippen LogP contribution in [0.3, 0.4) is 0 Å². The van der Waals surface area contributed by atoms with E-state index < -0.39 is 11.5 Å². The number of rotatable bonds is 5. The molecule has 2 aromatic carbocycles. The first-order chi connectivity index (χ1) is 14.6. The molecular weight excluding hydrogens is 384 g/mol. The zero-order chi connectivity index (χ0) is 21.1. The normalized spacial score (nSPS) is 13.9. The van der Waals surface area contributed by atoms with Crippen molar-refractivity contribution in [3.8, 4) is 5.75 Å². The van der Waals surface area contributed by atoms with E-state index in [-0.39, 0.29) is 23.1 Å². The van der Waals surface area contributed by atoms with Crippen molar-refractivity contribution in [1.82, 2.24) is 5.32 Å². The lowest BCUT2D eigenvalue weighted by Crippen LogP contribution is -2.33. The highest BCUT2D eigenvalue weighted by molar-refractivity contribution is 6.09. The fourth-order valence-corrected chi connectivity index (χ4v) is 3.75. The van der Waals surface area contributed by atoms with Gasteiger partial charge in [0, 0.05) is 11.4 Å². The van der Waals surface area contributed by atoms with Gasteiger partial charge in [-0.25, -0.2) is 4.79 Å². The van der Waals surface area contributed by atoms with E-state index in [4.69, 9.17) is 9.15 Å². The molecule has 0 unspecified atom stereocenters. The van der Waals surface area contributed by atoms with Crippen molar-refractivity contribution in [3.05, 3.63) is 70.1 Å². The van der Waals surface area contributed by atoms with Crippen molar-refractivity contribution in [2.24, 2.45) is 0 Å². The van der Waals surface area contributed by atoms with Gasteiger partial charge in [0.2, 0.25) is 0 Å². The number of amides is 2. The molecule has 1 heterocycles. The monoisotopic (exact) mass is 406 g/mol. The van der Waals surface area contributed by atoms with Crippen LogP contribution in [0.5, 0.6) is 5.75 Å². The Morgan fingerprint density at radius 2 is 1.77 bits per heavy atom. The second-order valence-electron chi connectivity index (χ2n) is 7.28. The van der Waals surface area contributed by atoms with Crippen LogP contribution in [-0.4, -0.2) is 25.0 Å². The number of fused-ring (bicyclic) bond motifs is 1. The number of carbonyl (C=O) groups excluding carboxylic acids is 2. The van der Waals surface area contributed by atoms with Crippen LogP contribution in [0.1, 0.15) is 46.4 Å². The summed E-state index contributed by atoms with van der Waals surface area (Å²) in [7, 11) is 1.48. The van der Waals surface area contributed by atoms with E-state index in [0.29, 0.717) is 22.4 Å². The van der Waals surface area contributed by atoms with Crippen molar-refractivity contribution < 1.29 is 18.7 Å². The van der Waals surface area contributed by atoms with Crippen LogP contribution in [0, 0.1) is 0 Å². The maximum absolute atomic E-state index is 12.8. The van der Waals surface area contributed by atoms with Gasteiger partial charge in [0.05, 0.1) is 18.4 Å². The molecular formula is C23H22N2O5. The summed E-state index contributed by atoms with van der Waals surface area (Å²) >= 11 is 0. The number of carbonyl (C=O) groups is 2. The van der Waals surface area contributed by atoms with E-state index in [1.807, 2.05) is 0 Å². The van der Waals surface area contributed by atoms with Gasteiger partial charge < -0.3 is 19.8 Å². The molecule has 0 saturated heterocycles. The quantitative estimate of drug-likeness (QED) is 0.629. The van der Waals surface area contributed by atoms with Gasteiger partial charge >= 0.3 is 5.63 Å². The molecule has 0 radical (unpaired) electrons. The molecule has 154 valence electrons. The smallest absolute Gasteiger partial charge is 0.349 e. The fraction of sp³-hybridized carbons (Fsp3) is 0.261. The molecule has 4 rings (SSSR count). The number of anilines is 1. The van der Waals surface area contributed by atoms with Gasteiger partial charge in [-0.1, -0.05) is 37.1 Å². The molecule has 1 aliphatic rings. The van der Waals surface area contributed by atoms with Crippen LogP contribution in [0.15, 0.2) is 57.7 Å². The lowest BCUT2D eigenvalue weighted by molar-refractivity contribution is 0.0938. The minimum atomic E-state index is -0.780. The van der Waals surface area contributed by atoms with E-state index in [9.17, 15) is 14.4 Å². The number of ether oxygens (including phenoxy) is 1. The van der Waals surface area contributed by atoms with E-state index in [1.54, 1.807) is 42.5 Å². The van der Waals surface area contributed by atoms with Crippen LogP contribution >= 0.6 is 0 Å². The largest absolute Gasteiger partial charge is 0.493 e. The zero-order valence-electron chi connectivity index (χ0n) is 16.6. The molecule has 3 aromatic rings. The SMILES string of the molecule is COc1cccc2cc(C(=O)Nc3ccccc3C(=O)NC3CCCC3)c(=O)oc12. The van der Waals surface area contributed by atoms with E-state index >= 15 is 0 Å². The lowest BCUT2D eigenvalue weighted by Gasteiger charge is -2.15. The minimum absolute atomic E-state index is 0.151. The summed E-state index contributed by atoms with van der Waals surface area (Å²) in [5.74, 6) is -0.479. The molecule has 0 aliphatic heterocycles. The molecule has 0 spiro atoms. The van der Waals surface area contributed by atoms with E-state index in [2.05, 4.69) is 10.6 Å². The molecule has 7 heteroatoms. The summed E-state index contributed by atoms with van der Waals surface area (Å²) < 4.78 is 10.5. The van der Waals surface area contributed by atoms with Crippen LogP contribution in [0.4, 0.5) is 5.69 Å². The highest BCUT2D eigenvalue weighted by atomic mass is 16.5. The Balaban J connectivity index is 1.61. The number of benzene rings is 2. The summed E-state index contributed by atoms with van der Waals surface area (Å²) in [5, 5.41) is 6.25. The van der Waals surface area contributed by atoms with E-state index in [0.717, 1.165) is 25.7 Å². The number of para-hydroxylation sites is 2. The number of hydrogen-bond acceptors (Lipinski definition) is 5. The Morgan fingerprint density at radius 1 is 1.00 bits per heavy atom. The fourth-order valence-electron chi connectivity index (χ4n) is 3.75. The van der Waals surface area contributed by atoms with Gasteiger partial charge in [-0.3, -0.25) is 9.59 Å². The third-order valence-corrected chi connectivity index (χ3v) is 5.30. The van der Waals surface area contributed by atoms with Crippen molar-refractivity contribution in [2.75, 3.05) is 12.4 Å². The molecule has 0 atom stereocenters. The summed E-state index contributed by atoms with van der Waals surface area (Å²) in [6.45, 7) is 0. The Bertz CT molecular complexity index is 1160. The Kier molecular flexibility index (Phi) is 5.52. The lowest BCUT2D eigenvalue weighted by atomic mass is 10.1. The first-order valence-electron chi connectivity index (χ1n) is 9.89. The van der Waals surface area contributed by atoms with Crippen LogP contribution in [0.2, 0.25) is 0 Å². The third-order valence-electron chi connectivity index (χ3n) is 5.30. The predicted octanol–water partition coefficient (Wildman–Crippen LogP) is 3.73. The van der Waals surface area contributed by atoms with Crippen molar-refractivity contribution in [2.45, 2.75) is 31.7 Å². The molecule has 7 nitrogen and oxygen atoms in total. The summed E-state index contributed by atoms with van der Waals surface area (Å²) in [5.41, 5.74) is 0.0322. The highest BCUT2D eigenvalue weighted by Gasteiger charge is 2.21. The molecule has 30 heavy (non-hydrogen) atoms. The van der Waals surface area contributed by atoms with Gasteiger partial charge in [-0.15, -0.1) is 0 Å². The highest BCUT2D eigenvalue weighted by Crippen LogP contribution is 2.25. The molecule has 2 N–H and O–H groups in total. The van der Waals surface area contributed by atoms with Gasteiger partial charge in [0.1, 0.15) is 5.56 Å². The Labute approximate surface area is 173 Å². The van der Waals surface area contributed by atoms with Crippen LogP contribution in [-0.2, 0) is 0 Å². The summed E-state index contributed by atoms with van der Waals surface area (Å²) in [6, 6.07) is 13.5. The topological polar surface area (TPSA) is 97.6 Å².